The maximum Gasteiger partial charge on any atom is 0.309 e. The Kier molecular flexibility index (Phi) is 7.55. The zero-order valence-corrected chi connectivity index (χ0v) is 15.6. The number of methoxy groups -OCH3 is 1. The predicted molar refractivity (Wildman–Crippen MR) is 95.9 cm³/mol. The van der Waals surface area contributed by atoms with Gasteiger partial charge in [0.05, 0.1) is 4.90 Å². The van der Waals surface area contributed by atoms with E-state index in [0.29, 0.717) is 32.5 Å². The molecule has 2 rings (SSSR count). The topological polar surface area (TPSA) is 105 Å². The lowest BCUT2D eigenvalue weighted by Gasteiger charge is -2.24. The molecule has 0 aromatic heterocycles. The van der Waals surface area contributed by atoms with Gasteiger partial charge in [-0.15, -0.1) is 0 Å². The molecule has 144 valence electrons. The Balaban J connectivity index is 1.89. The van der Waals surface area contributed by atoms with Crippen LogP contribution in [0.4, 0.5) is 0 Å². The number of hydrogen-bond donors (Lipinski definition) is 2. The number of ether oxygens (including phenoxy) is 1. The van der Waals surface area contributed by atoms with E-state index < -0.39 is 21.8 Å². The second kappa shape index (κ2) is 9.65. The molecule has 2 amide bonds. The van der Waals surface area contributed by atoms with Crippen molar-refractivity contribution in [3.05, 3.63) is 30.3 Å². The summed E-state index contributed by atoms with van der Waals surface area (Å²) in [5.41, 5.74) is 0. The number of nitrogens with one attached hydrogen (secondary N) is 2. The van der Waals surface area contributed by atoms with E-state index in [4.69, 9.17) is 4.74 Å². The molecule has 26 heavy (non-hydrogen) atoms. The molecule has 1 aliphatic rings. The van der Waals surface area contributed by atoms with E-state index in [-0.39, 0.29) is 17.5 Å². The maximum absolute atomic E-state index is 12.7. The lowest BCUT2D eigenvalue weighted by Crippen LogP contribution is -2.47. The van der Waals surface area contributed by atoms with E-state index in [1.165, 1.54) is 4.31 Å². The molecule has 2 N–H and O–H groups in total. The summed E-state index contributed by atoms with van der Waals surface area (Å²) in [6, 6.07) is 7.85. The Hall–Kier alpha value is -1.97. The lowest BCUT2D eigenvalue weighted by atomic mass is 10.2. The third-order valence-electron chi connectivity index (χ3n) is 4.19. The molecule has 0 saturated carbocycles. The number of carbonyl (C=O) groups is 2. The SMILES string of the molecule is COCCCNC(=O)C(=O)NC[C@@H]1CCCN1S(=O)(=O)c1ccccc1. The minimum atomic E-state index is -3.61. The third kappa shape index (κ3) is 5.26. The van der Waals surface area contributed by atoms with Gasteiger partial charge in [-0.05, 0) is 31.4 Å². The first-order chi connectivity index (χ1) is 12.5. The highest BCUT2D eigenvalue weighted by atomic mass is 32.2. The summed E-state index contributed by atoms with van der Waals surface area (Å²) in [5.74, 6) is -1.48. The zero-order valence-electron chi connectivity index (χ0n) is 14.8. The van der Waals surface area contributed by atoms with Gasteiger partial charge in [0, 0.05) is 39.4 Å². The summed E-state index contributed by atoms with van der Waals surface area (Å²) in [6.45, 7) is 1.35. The summed E-state index contributed by atoms with van der Waals surface area (Å²) >= 11 is 0. The second-order valence-electron chi connectivity index (χ2n) is 6.04. The van der Waals surface area contributed by atoms with E-state index >= 15 is 0 Å². The van der Waals surface area contributed by atoms with Gasteiger partial charge in [0.15, 0.2) is 0 Å². The average Bonchev–Trinajstić information content (AvgIpc) is 3.13. The molecule has 1 saturated heterocycles. The molecule has 1 aliphatic heterocycles. The van der Waals surface area contributed by atoms with Crippen LogP contribution < -0.4 is 10.6 Å². The number of benzene rings is 1. The zero-order chi connectivity index (χ0) is 19.0. The molecule has 0 bridgehead atoms. The molecule has 0 unspecified atom stereocenters. The van der Waals surface area contributed by atoms with Crippen molar-refractivity contribution in [2.75, 3.05) is 33.4 Å². The molecule has 1 aromatic rings. The Morgan fingerprint density at radius 2 is 1.88 bits per heavy atom. The fraction of sp³-hybridized carbons (Fsp3) is 0.529. The highest BCUT2D eigenvalue weighted by molar-refractivity contribution is 7.89. The lowest BCUT2D eigenvalue weighted by molar-refractivity contribution is -0.139. The summed E-state index contributed by atoms with van der Waals surface area (Å²) in [4.78, 5) is 23.8. The largest absolute Gasteiger partial charge is 0.385 e. The molecule has 0 spiro atoms. The molecule has 1 heterocycles. The van der Waals surface area contributed by atoms with Crippen molar-refractivity contribution in [2.45, 2.75) is 30.2 Å². The van der Waals surface area contributed by atoms with Crippen LogP contribution in [0.15, 0.2) is 35.2 Å². The smallest absolute Gasteiger partial charge is 0.309 e. The van der Waals surface area contributed by atoms with Crippen LogP contribution in [0.1, 0.15) is 19.3 Å². The van der Waals surface area contributed by atoms with Crippen LogP contribution in [0.5, 0.6) is 0 Å². The van der Waals surface area contributed by atoms with Gasteiger partial charge >= 0.3 is 11.8 Å². The van der Waals surface area contributed by atoms with E-state index in [0.717, 1.165) is 6.42 Å². The fourth-order valence-corrected chi connectivity index (χ4v) is 4.56. The van der Waals surface area contributed by atoms with Gasteiger partial charge < -0.3 is 15.4 Å². The maximum atomic E-state index is 12.7. The van der Waals surface area contributed by atoms with Crippen molar-refractivity contribution < 1.29 is 22.7 Å². The van der Waals surface area contributed by atoms with E-state index in [9.17, 15) is 18.0 Å². The Bertz CT molecular complexity index is 708. The van der Waals surface area contributed by atoms with E-state index in [2.05, 4.69) is 10.6 Å². The number of hydrogen-bond acceptors (Lipinski definition) is 5. The Morgan fingerprint density at radius 3 is 2.58 bits per heavy atom. The van der Waals surface area contributed by atoms with Crippen LogP contribution in [-0.4, -0.2) is 63.9 Å². The van der Waals surface area contributed by atoms with Crippen LogP contribution >= 0.6 is 0 Å². The normalized spacial score (nSPS) is 17.8. The van der Waals surface area contributed by atoms with Crippen molar-refractivity contribution >= 4 is 21.8 Å². The van der Waals surface area contributed by atoms with Crippen LogP contribution in [0, 0.1) is 0 Å². The van der Waals surface area contributed by atoms with Crippen molar-refractivity contribution in [3.8, 4) is 0 Å². The Labute approximate surface area is 153 Å². The van der Waals surface area contributed by atoms with Crippen LogP contribution in [0.3, 0.4) is 0 Å². The molecule has 0 aliphatic carbocycles. The molecule has 1 fully saturated rings. The van der Waals surface area contributed by atoms with Gasteiger partial charge in [-0.3, -0.25) is 9.59 Å². The minimum Gasteiger partial charge on any atom is -0.385 e. The van der Waals surface area contributed by atoms with E-state index in [1.54, 1.807) is 37.4 Å². The fourth-order valence-electron chi connectivity index (χ4n) is 2.85. The second-order valence-corrected chi connectivity index (χ2v) is 7.93. The third-order valence-corrected chi connectivity index (χ3v) is 6.15. The number of amides is 2. The summed E-state index contributed by atoms with van der Waals surface area (Å²) in [7, 11) is -2.05. The van der Waals surface area contributed by atoms with Gasteiger partial charge in [0.25, 0.3) is 0 Å². The summed E-state index contributed by atoms with van der Waals surface area (Å²) in [6.07, 6.45) is 1.97. The van der Waals surface area contributed by atoms with Crippen LogP contribution in [0.2, 0.25) is 0 Å². The van der Waals surface area contributed by atoms with Gasteiger partial charge in [0.1, 0.15) is 0 Å². The standard InChI is InChI=1S/C17H25N3O5S/c1-25-12-6-10-18-16(21)17(22)19-13-14-7-5-11-20(14)26(23,24)15-8-3-2-4-9-15/h2-4,8-9,14H,5-7,10-13H2,1H3,(H,18,21)(H,19,22)/t14-/m0/s1. The first-order valence-corrected chi connectivity index (χ1v) is 10.0. The minimum absolute atomic E-state index is 0.108. The monoisotopic (exact) mass is 383 g/mol. The van der Waals surface area contributed by atoms with E-state index in [1.807, 2.05) is 0 Å². The average molecular weight is 383 g/mol. The van der Waals surface area contributed by atoms with Crippen molar-refractivity contribution in [1.82, 2.24) is 14.9 Å². The van der Waals surface area contributed by atoms with Gasteiger partial charge in [-0.1, -0.05) is 18.2 Å². The van der Waals surface area contributed by atoms with Gasteiger partial charge in [0.2, 0.25) is 10.0 Å². The highest BCUT2D eigenvalue weighted by Crippen LogP contribution is 2.25. The number of carbonyl (C=O) groups excluding carboxylic acids is 2. The molecule has 1 atom stereocenters. The van der Waals surface area contributed by atoms with Crippen molar-refractivity contribution in [1.29, 1.82) is 0 Å². The summed E-state index contributed by atoms with van der Waals surface area (Å²) in [5, 5.41) is 5.03. The predicted octanol–water partition coefficient (Wildman–Crippen LogP) is 0.109. The summed E-state index contributed by atoms with van der Waals surface area (Å²) < 4.78 is 31.8. The van der Waals surface area contributed by atoms with Gasteiger partial charge in [-0.2, -0.15) is 4.31 Å². The first-order valence-electron chi connectivity index (χ1n) is 8.58. The molecular weight excluding hydrogens is 358 g/mol. The number of sulfonamides is 1. The first kappa shape index (κ1) is 20.3. The highest BCUT2D eigenvalue weighted by Gasteiger charge is 2.35. The molecule has 0 radical (unpaired) electrons. The van der Waals surface area contributed by atoms with Crippen LogP contribution in [-0.2, 0) is 24.3 Å². The molecule has 9 heteroatoms. The molecule has 8 nitrogen and oxygen atoms in total. The van der Waals surface area contributed by atoms with Crippen LogP contribution in [0.25, 0.3) is 0 Å². The Morgan fingerprint density at radius 1 is 1.19 bits per heavy atom. The van der Waals surface area contributed by atoms with Crippen molar-refractivity contribution in [3.63, 3.8) is 0 Å². The number of rotatable bonds is 8. The molecule has 1 aromatic carbocycles. The van der Waals surface area contributed by atoms with Crippen molar-refractivity contribution in [2.24, 2.45) is 0 Å². The quantitative estimate of drug-likeness (QED) is 0.490. The van der Waals surface area contributed by atoms with Gasteiger partial charge in [-0.25, -0.2) is 8.42 Å². The molecular formula is C17H25N3O5S. The number of nitrogens with zero attached hydrogens (tertiary/aromatic N) is 1.